The highest BCUT2D eigenvalue weighted by Gasteiger charge is 2.13. The van der Waals surface area contributed by atoms with Crippen LogP contribution in [0.4, 0.5) is 0 Å². The summed E-state index contributed by atoms with van der Waals surface area (Å²) in [5.41, 5.74) is 1.15. The molecule has 0 spiro atoms. The summed E-state index contributed by atoms with van der Waals surface area (Å²) in [5, 5.41) is 10.1. The molecule has 0 unspecified atom stereocenters. The Hall–Kier alpha value is -1.39. The summed E-state index contributed by atoms with van der Waals surface area (Å²) in [5.74, 6) is -0.249. The third-order valence-corrected chi connectivity index (χ3v) is 3.56. The van der Waals surface area contributed by atoms with E-state index in [1.807, 2.05) is 30.3 Å². The molecular weight excluding hydrogens is 280 g/mol. The quantitative estimate of drug-likeness (QED) is 0.502. The molecule has 4 nitrogen and oxygen atoms in total. The summed E-state index contributed by atoms with van der Waals surface area (Å²) < 4.78 is 10.7. The lowest BCUT2D eigenvalue weighted by Crippen LogP contribution is -2.20. The van der Waals surface area contributed by atoms with Crippen molar-refractivity contribution in [1.82, 2.24) is 0 Å². The molecule has 1 N–H and O–H groups in total. The van der Waals surface area contributed by atoms with Gasteiger partial charge in [-0.2, -0.15) is 0 Å². The zero-order valence-corrected chi connectivity index (χ0v) is 13.7. The Morgan fingerprint density at radius 1 is 1.23 bits per heavy atom. The molecule has 0 amide bonds. The van der Waals surface area contributed by atoms with Crippen LogP contribution in [0.25, 0.3) is 0 Å². The number of benzene rings is 1. The second-order valence-corrected chi connectivity index (χ2v) is 5.55. The lowest BCUT2D eigenvalue weighted by Gasteiger charge is -2.20. The van der Waals surface area contributed by atoms with Gasteiger partial charge in [-0.25, -0.2) is 0 Å². The smallest absolute Gasteiger partial charge is 0.302 e. The van der Waals surface area contributed by atoms with Crippen molar-refractivity contribution in [1.29, 1.82) is 0 Å². The molecular formula is C18H28O4. The SMILES string of the molecule is CC[C@H](C[C@H](O)CCCCOC(C)=O)OCc1ccccc1. The normalized spacial score (nSPS) is 13.6. The molecule has 0 heterocycles. The van der Waals surface area contributed by atoms with Gasteiger partial charge in [-0.15, -0.1) is 0 Å². The maximum absolute atomic E-state index is 10.6. The molecule has 0 bridgehead atoms. The predicted molar refractivity (Wildman–Crippen MR) is 86.4 cm³/mol. The van der Waals surface area contributed by atoms with Crippen LogP contribution in [0.15, 0.2) is 30.3 Å². The van der Waals surface area contributed by atoms with Crippen molar-refractivity contribution in [3.63, 3.8) is 0 Å². The summed E-state index contributed by atoms with van der Waals surface area (Å²) in [4.78, 5) is 10.6. The molecule has 2 atom stereocenters. The van der Waals surface area contributed by atoms with E-state index in [0.29, 0.717) is 26.1 Å². The summed E-state index contributed by atoms with van der Waals surface area (Å²) in [7, 11) is 0. The van der Waals surface area contributed by atoms with Crippen molar-refractivity contribution in [2.24, 2.45) is 0 Å². The molecule has 4 heteroatoms. The number of aliphatic hydroxyl groups is 1. The summed E-state index contributed by atoms with van der Waals surface area (Å²) in [6, 6.07) is 10.1. The largest absolute Gasteiger partial charge is 0.466 e. The van der Waals surface area contributed by atoms with E-state index in [-0.39, 0.29) is 18.2 Å². The number of rotatable bonds is 11. The van der Waals surface area contributed by atoms with Crippen LogP contribution in [0.5, 0.6) is 0 Å². The first kappa shape index (κ1) is 18.7. The number of esters is 1. The van der Waals surface area contributed by atoms with E-state index in [9.17, 15) is 9.90 Å². The van der Waals surface area contributed by atoms with Gasteiger partial charge in [0.1, 0.15) is 0 Å². The van der Waals surface area contributed by atoms with Crippen molar-refractivity contribution in [2.45, 2.75) is 64.8 Å². The minimum Gasteiger partial charge on any atom is -0.466 e. The molecule has 0 radical (unpaired) electrons. The van der Waals surface area contributed by atoms with Crippen LogP contribution in [0.3, 0.4) is 0 Å². The molecule has 0 aliphatic heterocycles. The Morgan fingerprint density at radius 2 is 1.95 bits per heavy atom. The summed E-state index contributed by atoms with van der Waals surface area (Å²) in [6.07, 6.45) is 3.60. The number of hydrogen-bond donors (Lipinski definition) is 1. The van der Waals surface area contributed by atoms with Crippen LogP contribution in [-0.2, 0) is 20.9 Å². The highest BCUT2D eigenvalue weighted by molar-refractivity contribution is 5.65. The molecule has 124 valence electrons. The maximum atomic E-state index is 10.6. The molecule has 0 saturated heterocycles. The molecule has 1 aromatic rings. The van der Waals surface area contributed by atoms with Gasteiger partial charge in [0.05, 0.1) is 25.4 Å². The van der Waals surface area contributed by atoms with E-state index in [1.54, 1.807) is 0 Å². The van der Waals surface area contributed by atoms with Crippen LogP contribution >= 0.6 is 0 Å². The first-order valence-corrected chi connectivity index (χ1v) is 8.08. The Labute approximate surface area is 133 Å². The number of unbranched alkanes of at least 4 members (excludes halogenated alkanes) is 1. The van der Waals surface area contributed by atoms with Crippen LogP contribution in [-0.4, -0.2) is 29.9 Å². The van der Waals surface area contributed by atoms with Crippen LogP contribution < -0.4 is 0 Å². The van der Waals surface area contributed by atoms with E-state index in [1.165, 1.54) is 6.92 Å². The average Bonchev–Trinajstić information content (AvgIpc) is 2.51. The second-order valence-electron chi connectivity index (χ2n) is 5.55. The van der Waals surface area contributed by atoms with Crippen molar-refractivity contribution < 1.29 is 19.4 Å². The molecule has 1 aromatic carbocycles. The van der Waals surface area contributed by atoms with Gasteiger partial charge >= 0.3 is 5.97 Å². The summed E-state index contributed by atoms with van der Waals surface area (Å²) >= 11 is 0. The van der Waals surface area contributed by atoms with Crippen molar-refractivity contribution in [2.75, 3.05) is 6.61 Å². The molecule has 22 heavy (non-hydrogen) atoms. The van der Waals surface area contributed by atoms with Crippen molar-refractivity contribution in [3.8, 4) is 0 Å². The maximum Gasteiger partial charge on any atom is 0.302 e. The minimum absolute atomic E-state index is 0.0728. The highest BCUT2D eigenvalue weighted by Crippen LogP contribution is 2.14. The van der Waals surface area contributed by atoms with Gasteiger partial charge in [0.25, 0.3) is 0 Å². The minimum atomic E-state index is -0.363. The molecule has 0 aliphatic carbocycles. The van der Waals surface area contributed by atoms with Gasteiger partial charge in [-0.3, -0.25) is 4.79 Å². The van der Waals surface area contributed by atoms with E-state index >= 15 is 0 Å². The number of hydrogen-bond acceptors (Lipinski definition) is 4. The first-order valence-electron chi connectivity index (χ1n) is 8.08. The zero-order chi connectivity index (χ0) is 16.2. The van der Waals surface area contributed by atoms with Gasteiger partial charge in [-0.05, 0) is 37.7 Å². The second kappa shape index (κ2) is 11.2. The molecule has 0 aromatic heterocycles. The van der Waals surface area contributed by atoms with E-state index in [0.717, 1.165) is 24.8 Å². The fourth-order valence-electron chi connectivity index (χ4n) is 2.26. The Bertz CT molecular complexity index is 405. The Morgan fingerprint density at radius 3 is 2.59 bits per heavy atom. The van der Waals surface area contributed by atoms with Gasteiger partial charge in [0, 0.05) is 6.92 Å². The lowest BCUT2D eigenvalue weighted by atomic mass is 10.0. The Balaban J connectivity index is 2.17. The number of carbonyl (C=O) groups excluding carboxylic acids is 1. The first-order chi connectivity index (χ1) is 10.6. The fraction of sp³-hybridized carbons (Fsp3) is 0.611. The third-order valence-electron chi connectivity index (χ3n) is 3.56. The number of ether oxygens (including phenoxy) is 2. The monoisotopic (exact) mass is 308 g/mol. The summed E-state index contributed by atoms with van der Waals surface area (Å²) in [6.45, 7) is 4.50. The van der Waals surface area contributed by atoms with Gasteiger partial charge < -0.3 is 14.6 Å². The zero-order valence-electron chi connectivity index (χ0n) is 13.7. The van der Waals surface area contributed by atoms with Crippen molar-refractivity contribution in [3.05, 3.63) is 35.9 Å². The highest BCUT2D eigenvalue weighted by atomic mass is 16.5. The number of aliphatic hydroxyl groups excluding tert-OH is 1. The standard InChI is InChI=1S/C18H28O4/c1-3-18(22-14-16-9-5-4-6-10-16)13-17(20)11-7-8-12-21-15(2)19/h4-6,9-10,17-18,20H,3,7-8,11-14H2,1-2H3/t17-,18-/m1/s1. The lowest BCUT2D eigenvalue weighted by molar-refractivity contribution is -0.141. The molecule has 1 rings (SSSR count). The molecule has 0 aliphatic rings. The van der Waals surface area contributed by atoms with Crippen LogP contribution in [0.1, 0.15) is 51.5 Å². The average molecular weight is 308 g/mol. The number of carbonyl (C=O) groups is 1. The van der Waals surface area contributed by atoms with Crippen LogP contribution in [0, 0.1) is 0 Å². The van der Waals surface area contributed by atoms with Crippen molar-refractivity contribution >= 4 is 5.97 Å². The van der Waals surface area contributed by atoms with Crippen LogP contribution in [0.2, 0.25) is 0 Å². The van der Waals surface area contributed by atoms with Gasteiger partial charge in [0.2, 0.25) is 0 Å². The van der Waals surface area contributed by atoms with Gasteiger partial charge in [-0.1, -0.05) is 37.3 Å². The molecule has 0 fully saturated rings. The van der Waals surface area contributed by atoms with E-state index in [4.69, 9.17) is 9.47 Å². The predicted octanol–water partition coefficient (Wildman–Crippen LogP) is 3.47. The van der Waals surface area contributed by atoms with Gasteiger partial charge in [0.15, 0.2) is 0 Å². The molecule has 0 saturated carbocycles. The van der Waals surface area contributed by atoms with E-state index < -0.39 is 0 Å². The third kappa shape index (κ3) is 8.80. The fourth-order valence-corrected chi connectivity index (χ4v) is 2.26. The topological polar surface area (TPSA) is 55.8 Å². The Kier molecular flexibility index (Phi) is 9.51. The van der Waals surface area contributed by atoms with E-state index in [2.05, 4.69) is 6.92 Å².